The molecule has 3 nitrogen and oxygen atoms in total. The molecule has 0 fully saturated rings. The zero-order valence-corrected chi connectivity index (χ0v) is 13.9. The summed E-state index contributed by atoms with van der Waals surface area (Å²) in [6.07, 6.45) is 0. The van der Waals surface area contributed by atoms with E-state index in [2.05, 4.69) is 38.7 Å². The van der Waals surface area contributed by atoms with Crippen molar-refractivity contribution in [2.75, 3.05) is 0 Å². The van der Waals surface area contributed by atoms with Crippen molar-refractivity contribution in [2.45, 2.75) is 0 Å². The van der Waals surface area contributed by atoms with Crippen LogP contribution in [0.1, 0.15) is 0 Å². The van der Waals surface area contributed by atoms with Crippen LogP contribution in [0, 0.1) is 0 Å². The molecule has 112 valence electrons. The van der Waals surface area contributed by atoms with Crippen molar-refractivity contribution < 1.29 is 12.5 Å². The van der Waals surface area contributed by atoms with E-state index in [0.717, 1.165) is 21.9 Å². The molecule has 0 unspecified atom stereocenters. The van der Waals surface area contributed by atoms with E-state index in [9.17, 15) is 0 Å². The van der Waals surface area contributed by atoms with Gasteiger partial charge in [0.05, 0.1) is 0 Å². The van der Waals surface area contributed by atoms with E-state index in [4.69, 9.17) is 12.5 Å². The molecular weight excluding hydrogens is 336 g/mol. The quantitative estimate of drug-likeness (QED) is 0.448. The van der Waals surface area contributed by atoms with Gasteiger partial charge < -0.3 is 12.5 Å². The highest BCUT2D eigenvalue weighted by atomic mass is 32.1. The summed E-state index contributed by atoms with van der Waals surface area (Å²) < 4.78 is 15.4. The van der Waals surface area contributed by atoms with Gasteiger partial charge in [-0.15, -0.1) is 0 Å². The highest BCUT2D eigenvalue weighted by Gasteiger charge is 2.14. The third-order valence-electron chi connectivity index (χ3n) is 3.39. The van der Waals surface area contributed by atoms with Crippen LogP contribution in [-0.4, -0.2) is 0 Å². The second-order valence-corrected chi connectivity index (χ2v) is 5.18. The molecule has 0 radical (unpaired) electrons. The highest BCUT2D eigenvalue weighted by molar-refractivity contribution is 7.75. The van der Waals surface area contributed by atoms with Crippen LogP contribution in [0.25, 0.3) is 21.9 Å². The fraction of sp³-hybridized carbons (Fsp3) is 0. The van der Waals surface area contributed by atoms with Crippen molar-refractivity contribution >= 4 is 49.5 Å². The van der Waals surface area contributed by atoms with Gasteiger partial charge in [0.1, 0.15) is 17.2 Å². The average Bonchev–Trinajstić information content (AvgIpc) is 2.59. The van der Waals surface area contributed by atoms with Gasteiger partial charge in [-0.05, 0) is 41.1 Å². The van der Waals surface area contributed by atoms with Gasteiger partial charge in [0.25, 0.3) is 0 Å². The van der Waals surface area contributed by atoms with E-state index in [1.54, 1.807) is 18.2 Å². The fourth-order valence-corrected chi connectivity index (χ4v) is 2.79. The third kappa shape index (κ3) is 2.82. The molecule has 6 heteroatoms. The van der Waals surface area contributed by atoms with Gasteiger partial charge >= 0.3 is 0 Å². The molecule has 0 aliphatic rings. The monoisotopic (exact) mass is 348 g/mol. The number of benzene rings is 3. The summed E-state index contributed by atoms with van der Waals surface area (Å²) in [6.45, 7) is 0. The Bertz CT molecular complexity index is 821. The molecule has 0 N–H and O–H groups in total. The summed E-state index contributed by atoms with van der Waals surface area (Å²) in [5.41, 5.74) is 1.60. The molecule has 0 atom stereocenters. The predicted octanol–water partition coefficient (Wildman–Crippen LogP) is 5.18. The van der Waals surface area contributed by atoms with Gasteiger partial charge in [0.2, 0.25) is 0 Å². The fourth-order valence-electron chi connectivity index (χ4n) is 2.36. The van der Waals surface area contributed by atoms with Crippen molar-refractivity contribution in [3.63, 3.8) is 0 Å². The van der Waals surface area contributed by atoms with Crippen molar-refractivity contribution in [2.24, 2.45) is 0 Å². The van der Waals surface area contributed by atoms with Crippen LogP contribution in [-0.2, 0) is 0 Å². The standard InChI is InChI=1S/C16H12O3S3/c20-17-12-5-6-15(18-21)14(9-12)13-7-10-3-1-2-4-11(10)8-16(13)19-22/h1-9,20-22H. The van der Waals surface area contributed by atoms with Gasteiger partial charge in [0.15, 0.2) is 0 Å². The molecule has 0 aliphatic carbocycles. The molecule has 3 rings (SSSR count). The average molecular weight is 348 g/mol. The molecule has 22 heavy (non-hydrogen) atoms. The van der Waals surface area contributed by atoms with Crippen LogP contribution in [0.4, 0.5) is 0 Å². The van der Waals surface area contributed by atoms with E-state index in [1.807, 2.05) is 36.4 Å². The predicted molar refractivity (Wildman–Crippen MR) is 98.2 cm³/mol. The van der Waals surface area contributed by atoms with Crippen molar-refractivity contribution in [1.82, 2.24) is 0 Å². The molecule has 0 amide bonds. The molecule has 0 saturated carbocycles. The topological polar surface area (TPSA) is 27.7 Å². The minimum atomic E-state index is 0.583. The normalized spacial score (nSPS) is 10.5. The van der Waals surface area contributed by atoms with Crippen LogP contribution in [0.5, 0.6) is 17.2 Å². The first-order chi connectivity index (χ1) is 10.8. The molecule has 3 aromatic carbocycles. The maximum atomic E-state index is 5.23. The number of rotatable bonds is 4. The van der Waals surface area contributed by atoms with Crippen LogP contribution >= 0.6 is 38.7 Å². The first kappa shape index (κ1) is 15.3. The first-order valence-corrected chi connectivity index (χ1v) is 7.48. The Morgan fingerprint density at radius 1 is 0.591 bits per heavy atom. The Kier molecular flexibility index (Phi) is 4.61. The number of hydrogen-bond acceptors (Lipinski definition) is 6. The van der Waals surface area contributed by atoms with E-state index in [1.165, 1.54) is 0 Å². The Morgan fingerprint density at radius 3 is 1.86 bits per heavy atom. The molecule has 0 saturated heterocycles. The zero-order chi connectivity index (χ0) is 15.5. The lowest BCUT2D eigenvalue weighted by Gasteiger charge is -2.13. The lowest BCUT2D eigenvalue weighted by Crippen LogP contribution is -1.89. The molecule has 0 aromatic heterocycles. The molecule has 0 spiro atoms. The van der Waals surface area contributed by atoms with Gasteiger partial charge in [-0.25, -0.2) is 0 Å². The molecule has 0 heterocycles. The zero-order valence-electron chi connectivity index (χ0n) is 11.3. The second kappa shape index (κ2) is 6.64. The Hall–Kier alpha value is -1.63. The number of fused-ring (bicyclic) bond motifs is 1. The van der Waals surface area contributed by atoms with Crippen LogP contribution in [0.15, 0.2) is 54.6 Å². The molecule has 3 aromatic rings. The Balaban J connectivity index is 2.28. The van der Waals surface area contributed by atoms with Crippen LogP contribution in [0.3, 0.4) is 0 Å². The highest BCUT2D eigenvalue weighted by Crippen LogP contribution is 2.41. The van der Waals surface area contributed by atoms with E-state index in [0.29, 0.717) is 17.2 Å². The van der Waals surface area contributed by atoms with Crippen molar-refractivity contribution in [3.05, 3.63) is 54.6 Å². The largest absolute Gasteiger partial charge is 0.429 e. The lowest BCUT2D eigenvalue weighted by atomic mass is 9.99. The number of thiol groups is 3. The summed E-state index contributed by atoms with van der Waals surface area (Å²) in [6, 6.07) is 17.2. The Morgan fingerprint density at radius 2 is 1.23 bits per heavy atom. The maximum absolute atomic E-state index is 5.23. The van der Waals surface area contributed by atoms with E-state index < -0.39 is 0 Å². The second-order valence-electron chi connectivity index (χ2n) is 4.63. The summed E-state index contributed by atoms with van der Waals surface area (Å²) in [4.78, 5) is 0. The summed E-state index contributed by atoms with van der Waals surface area (Å²) in [5.74, 6) is 1.79. The Labute approximate surface area is 145 Å². The van der Waals surface area contributed by atoms with Gasteiger partial charge in [-0.2, -0.15) is 0 Å². The van der Waals surface area contributed by atoms with E-state index in [-0.39, 0.29) is 0 Å². The van der Waals surface area contributed by atoms with Crippen molar-refractivity contribution in [1.29, 1.82) is 0 Å². The minimum absolute atomic E-state index is 0.583. The van der Waals surface area contributed by atoms with E-state index >= 15 is 0 Å². The van der Waals surface area contributed by atoms with Crippen LogP contribution < -0.4 is 12.5 Å². The van der Waals surface area contributed by atoms with Crippen molar-refractivity contribution in [3.8, 4) is 28.4 Å². The first-order valence-electron chi connectivity index (χ1n) is 6.38. The SMILES string of the molecule is SOc1ccc(OS)c(-c2cc3ccccc3cc2OS)c1. The number of hydrogen-bond donors (Lipinski definition) is 3. The van der Waals surface area contributed by atoms with Gasteiger partial charge in [0, 0.05) is 49.9 Å². The lowest BCUT2D eigenvalue weighted by molar-refractivity contribution is 0.638. The van der Waals surface area contributed by atoms with Gasteiger partial charge in [-0.1, -0.05) is 24.3 Å². The maximum Gasteiger partial charge on any atom is 0.145 e. The summed E-state index contributed by atoms with van der Waals surface area (Å²) >= 11 is 11.7. The van der Waals surface area contributed by atoms with Gasteiger partial charge in [-0.3, -0.25) is 0 Å². The van der Waals surface area contributed by atoms with Crippen LogP contribution in [0.2, 0.25) is 0 Å². The molecular formula is C16H12O3S3. The molecule has 0 aliphatic heterocycles. The smallest absolute Gasteiger partial charge is 0.145 e. The molecule has 0 bridgehead atoms. The third-order valence-corrected chi connectivity index (χ3v) is 4.00. The minimum Gasteiger partial charge on any atom is -0.429 e. The summed E-state index contributed by atoms with van der Waals surface area (Å²) in [5, 5.41) is 2.14. The summed E-state index contributed by atoms with van der Waals surface area (Å²) in [7, 11) is 0.